The Bertz CT molecular complexity index is 744. The SMILES string of the molecule is CCC(Sc1nc(C)cc(C)n1)C(=O)Nc1cccc(C(=O)O)c1. The summed E-state index contributed by atoms with van der Waals surface area (Å²) in [6.07, 6.45) is 0.603. The van der Waals surface area contributed by atoms with Crippen LogP contribution >= 0.6 is 11.8 Å². The molecule has 0 saturated carbocycles. The third-order valence-electron chi connectivity index (χ3n) is 3.25. The van der Waals surface area contributed by atoms with Gasteiger partial charge in [-0.2, -0.15) is 0 Å². The number of amides is 1. The molecule has 1 unspecified atom stereocenters. The largest absolute Gasteiger partial charge is 0.478 e. The molecule has 126 valence electrons. The molecule has 1 atom stereocenters. The molecule has 0 spiro atoms. The molecule has 1 aromatic heterocycles. The average molecular weight is 345 g/mol. The fourth-order valence-corrected chi connectivity index (χ4v) is 3.13. The van der Waals surface area contributed by atoms with Gasteiger partial charge in [-0.25, -0.2) is 14.8 Å². The van der Waals surface area contributed by atoms with Crippen LogP contribution in [0, 0.1) is 13.8 Å². The summed E-state index contributed by atoms with van der Waals surface area (Å²) in [6, 6.07) is 8.05. The zero-order valence-corrected chi connectivity index (χ0v) is 14.6. The number of rotatable bonds is 6. The van der Waals surface area contributed by atoms with Gasteiger partial charge < -0.3 is 10.4 Å². The molecule has 0 aliphatic heterocycles. The molecule has 1 aromatic carbocycles. The van der Waals surface area contributed by atoms with Crippen molar-refractivity contribution in [3.63, 3.8) is 0 Å². The van der Waals surface area contributed by atoms with Crippen LogP contribution in [0.4, 0.5) is 5.69 Å². The van der Waals surface area contributed by atoms with Gasteiger partial charge in [-0.15, -0.1) is 0 Å². The Morgan fingerprint density at radius 3 is 2.46 bits per heavy atom. The van der Waals surface area contributed by atoms with Crippen LogP contribution in [0.1, 0.15) is 35.1 Å². The number of aromatic nitrogens is 2. The van der Waals surface area contributed by atoms with Gasteiger partial charge in [-0.3, -0.25) is 4.79 Å². The van der Waals surface area contributed by atoms with Crippen LogP contribution in [0.5, 0.6) is 0 Å². The second-order valence-corrected chi connectivity index (χ2v) is 6.49. The highest BCUT2D eigenvalue weighted by molar-refractivity contribution is 8.00. The minimum absolute atomic E-state index is 0.131. The first-order chi connectivity index (χ1) is 11.4. The zero-order chi connectivity index (χ0) is 17.7. The highest BCUT2D eigenvalue weighted by Gasteiger charge is 2.20. The van der Waals surface area contributed by atoms with Crippen molar-refractivity contribution in [2.24, 2.45) is 0 Å². The number of anilines is 1. The number of thioether (sulfide) groups is 1. The van der Waals surface area contributed by atoms with Crippen molar-refractivity contribution in [1.82, 2.24) is 9.97 Å². The van der Waals surface area contributed by atoms with Gasteiger partial charge in [0.2, 0.25) is 5.91 Å². The van der Waals surface area contributed by atoms with E-state index >= 15 is 0 Å². The lowest BCUT2D eigenvalue weighted by Crippen LogP contribution is -2.25. The molecule has 2 aromatic rings. The number of carboxylic acid groups (broad SMARTS) is 1. The number of hydrogen-bond donors (Lipinski definition) is 2. The normalized spacial score (nSPS) is 11.8. The van der Waals surface area contributed by atoms with E-state index in [-0.39, 0.29) is 16.7 Å². The molecule has 7 heteroatoms. The van der Waals surface area contributed by atoms with Gasteiger partial charge in [0, 0.05) is 17.1 Å². The lowest BCUT2D eigenvalue weighted by atomic mass is 10.2. The van der Waals surface area contributed by atoms with Crippen LogP contribution < -0.4 is 5.32 Å². The third-order valence-corrected chi connectivity index (χ3v) is 4.48. The Hall–Kier alpha value is -2.41. The van der Waals surface area contributed by atoms with Gasteiger partial charge in [0.05, 0.1) is 10.8 Å². The van der Waals surface area contributed by atoms with Gasteiger partial charge in [-0.1, -0.05) is 24.8 Å². The first-order valence-corrected chi connectivity index (χ1v) is 8.40. The van der Waals surface area contributed by atoms with Crippen molar-refractivity contribution < 1.29 is 14.7 Å². The predicted molar refractivity (Wildman–Crippen MR) is 93.5 cm³/mol. The smallest absolute Gasteiger partial charge is 0.335 e. The number of carbonyl (C=O) groups excluding carboxylic acids is 1. The van der Waals surface area contributed by atoms with Crippen LogP contribution in [0.15, 0.2) is 35.5 Å². The molecule has 0 radical (unpaired) electrons. The Kier molecular flexibility index (Phi) is 5.92. The molecule has 1 amide bonds. The summed E-state index contributed by atoms with van der Waals surface area (Å²) in [5.41, 5.74) is 2.30. The maximum absolute atomic E-state index is 12.5. The van der Waals surface area contributed by atoms with Gasteiger partial charge in [0.15, 0.2) is 5.16 Å². The van der Waals surface area contributed by atoms with E-state index in [1.54, 1.807) is 12.1 Å². The minimum Gasteiger partial charge on any atom is -0.478 e. The van der Waals surface area contributed by atoms with Crippen molar-refractivity contribution >= 4 is 29.3 Å². The number of benzene rings is 1. The average Bonchev–Trinajstić information content (AvgIpc) is 2.51. The Balaban J connectivity index is 2.11. The maximum Gasteiger partial charge on any atom is 0.335 e. The standard InChI is InChI=1S/C17H19N3O3S/c1-4-14(24-17-18-10(2)8-11(3)19-17)15(21)20-13-7-5-6-12(9-13)16(22)23/h5-9,14H,4H2,1-3H3,(H,20,21)(H,22,23). The van der Waals surface area contributed by atoms with Gasteiger partial charge in [-0.05, 0) is 44.5 Å². The fourth-order valence-electron chi connectivity index (χ4n) is 2.15. The van der Waals surface area contributed by atoms with Crippen LogP contribution in [0.25, 0.3) is 0 Å². The summed E-state index contributed by atoms with van der Waals surface area (Å²) < 4.78 is 0. The van der Waals surface area contributed by atoms with E-state index < -0.39 is 5.97 Å². The Labute approximate surface area is 144 Å². The molecule has 0 aliphatic carbocycles. The highest BCUT2D eigenvalue weighted by Crippen LogP contribution is 2.24. The van der Waals surface area contributed by atoms with Gasteiger partial charge in [0.1, 0.15) is 0 Å². The number of nitrogens with one attached hydrogen (secondary N) is 1. The first-order valence-electron chi connectivity index (χ1n) is 7.52. The molecular formula is C17H19N3O3S. The number of carbonyl (C=O) groups is 2. The number of carboxylic acids is 1. The maximum atomic E-state index is 12.5. The molecule has 1 heterocycles. The van der Waals surface area contributed by atoms with E-state index in [0.717, 1.165) is 11.4 Å². The monoisotopic (exact) mass is 345 g/mol. The molecule has 0 fully saturated rings. The van der Waals surface area contributed by atoms with Crippen molar-refractivity contribution in [3.8, 4) is 0 Å². The highest BCUT2D eigenvalue weighted by atomic mass is 32.2. The van der Waals surface area contributed by atoms with E-state index in [9.17, 15) is 9.59 Å². The molecular weight excluding hydrogens is 326 g/mol. The van der Waals surface area contributed by atoms with Crippen molar-refractivity contribution in [3.05, 3.63) is 47.3 Å². The van der Waals surface area contributed by atoms with Crippen LogP contribution in [-0.4, -0.2) is 32.2 Å². The van der Waals surface area contributed by atoms with Gasteiger partial charge >= 0.3 is 5.97 Å². The van der Waals surface area contributed by atoms with E-state index in [1.807, 2.05) is 26.8 Å². The molecule has 0 aliphatic rings. The summed E-state index contributed by atoms with van der Waals surface area (Å²) >= 11 is 1.30. The number of hydrogen-bond acceptors (Lipinski definition) is 5. The van der Waals surface area contributed by atoms with E-state index in [0.29, 0.717) is 17.3 Å². The fraction of sp³-hybridized carbons (Fsp3) is 0.294. The summed E-state index contributed by atoms with van der Waals surface area (Å²) in [4.78, 5) is 32.2. The molecule has 2 N–H and O–H groups in total. The topological polar surface area (TPSA) is 92.2 Å². The molecule has 24 heavy (non-hydrogen) atoms. The summed E-state index contributed by atoms with van der Waals surface area (Å²) in [5.74, 6) is -1.23. The summed E-state index contributed by atoms with van der Waals surface area (Å²) in [7, 11) is 0. The minimum atomic E-state index is -1.03. The lowest BCUT2D eigenvalue weighted by Gasteiger charge is -2.14. The zero-order valence-electron chi connectivity index (χ0n) is 13.7. The second-order valence-electron chi connectivity index (χ2n) is 5.32. The number of aryl methyl sites for hydroxylation is 2. The van der Waals surface area contributed by atoms with Crippen molar-refractivity contribution in [2.45, 2.75) is 37.6 Å². The molecule has 6 nitrogen and oxygen atoms in total. The van der Waals surface area contributed by atoms with E-state index in [2.05, 4.69) is 15.3 Å². The van der Waals surface area contributed by atoms with Crippen LogP contribution in [0.3, 0.4) is 0 Å². The summed E-state index contributed by atoms with van der Waals surface area (Å²) in [6.45, 7) is 5.68. The second kappa shape index (κ2) is 7.92. The van der Waals surface area contributed by atoms with Crippen molar-refractivity contribution in [1.29, 1.82) is 0 Å². The Morgan fingerprint density at radius 2 is 1.88 bits per heavy atom. The predicted octanol–water partition coefficient (Wildman–Crippen LogP) is 3.30. The number of aromatic carboxylic acids is 1. The van der Waals surface area contributed by atoms with Crippen LogP contribution in [0.2, 0.25) is 0 Å². The van der Waals surface area contributed by atoms with E-state index in [1.165, 1.54) is 23.9 Å². The van der Waals surface area contributed by atoms with Crippen LogP contribution in [-0.2, 0) is 4.79 Å². The van der Waals surface area contributed by atoms with E-state index in [4.69, 9.17) is 5.11 Å². The Morgan fingerprint density at radius 1 is 1.21 bits per heavy atom. The lowest BCUT2D eigenvalue weighted by molar-refractivity contribution is -0.115. The summed E-state index contributed by atoms with van der Waals surface area (Å²) in [5, 5.41) is 12.0. The third kappa shape index (κ3) is 4.79. The quantitative estimate of drug-likeness (QED) is 0.616. The molecule has 2 rings (SSSR count). The molecule has 0 bridgehead atoms. The van der Waals surface area contributed by atoms with Crippen molar-refractivity contribution in [2.75, 3.05) is 5.32 Å². The molecule has 0 saturated heterocycles. The first kappa shape index (κ1) is 17.9. The van der Waals surface area contributed by atoms with Gasteiger partial charge in [0.25, 0.3) is 0 Å². The number of nitrogens with zero attached hydrogens (tertiary/aromatic N) is 2.